The van der Waals surface area contributed by atoms with Crippen LogP contribution in [0.15, 0.2) is 65.8 Å². The number of ether oxygens (including phenoxy) is 2. The van der Waals surface area contributed by atoms with E-state index in [9.17, 15) is 13.2 Å². The number of unbranched alkanes of at least 4 members (excludes halogenated alkanes) is 1. The third kappa shape index (κ3) is 8.90. The van der Waals surface area contributed by atoms with Crippen LogP contribution in [-0.4, -0.2) is 58.0 Å². The van der Waals surface area contributed by atoms with Gasteiger partial charge in [0.05, 0.1) is 30.7 Å². The Bertz CT molecular complexity index is 1610. The smallest absolute Gasteiger partial charge is 0.448 e. The number of hydrogen-bond donors (Lipinski definition) is 4. The summed E-state index contributed by atoms with van der Waals surface area (Å²) in [5.41, 5.74) is 10.7. The van der Waals surface area contributed by atoms with Crippen molar-refractivity contribution in [2.75, 3.05) is 37.4 Å². The lowest BCUT2D eigenvalue weighted by molar-refractivity contribution is -0.274. The molecule has 226 valence electrons. The van der Waals surface area contributed by atoms with Crippen molar-refractivity contribution in [3.8, 4) is 16.9 Å². The van der Waals surface area contributed by atoms with Crippen LogP contribution in [0.25, 0.3) is 22.0 Å². The van der Waals surface area contributed by atoms with Gasteiger partial charge in [-0.1, -0.05) is 6.07 Å². The largest absolute Gasteiger partial charge is 0.573 e. The predicted molar refractivity (Wildman–Crippen MR) is 154 cm³/mol. The van der Waals surface area contributed by atoms with Gasteiger partial charge in [-0.2, -0.15) is 10.2 Å². The molecule has 43 heavy (non-hydrogen) atoms. The Morgan fingerprint density at radius 1 is 0.930 bits per heavy atom. The number of anilines is 2. The van der Waals surface area contributed by atoms with Crippen LogP contribution in [0.1, 0.15) is 29.7 Å². The average Bonchev–Trinajstić information content (AvgIpc) is 3.65. The van der Waals surface area contributed by atoms with Crippen LogP contribution in [0.5, 0.6) is 5.75 Å². The molecule has 5 aromatic rings. The molecule has 0 amide bonds. The van der Waals surface area contributed by atoms with Gasteiger partial charge in [0.1, 0.15) is 17.3 Å². The van der Waals surface area contributed by atoms with Crippen molar-refractivity contribution in [1.82, 2.24) is 30.7 Å². The number of alkyl halides is 3. The highest BCUT2D eigenvalue weighted by Crippen LogP contribution is 2.30. The molecule has 11 nitrogen and oxygen atoms in total. The summed E-state index contributed by atoms with van der Waals surface area (Å²) in [6.45, 7) is 2.78. The maximum atomic E-state index is 12.8. The summed E-state index contributed by atoms with van der Waals surface area (Å²) in [7, 11) is 0. The second-order valence-electron chi connectivity index (χ2n) is 9.82. The lowest BCUT2D eigenvalue weighted by Crippen LogP contribution is -2.18. The van der Waals surface area contributed by atoms with Crippen LogP contribution in [0, 0.1) is 0 Å². The highest BCUT2D eigenvalue weighted by molar-refractivity contribution is 5.95. The van der Waals surface area contributed by atoms with E-state index in [-0.39, 0.29) is 5.75 Å². The van der Waals surface area contributed by atoms with Crippen LogP contribution < -0.4 is 21.1 Å². The lowest BCUT2D eigenvalue weighted by Gasteiger charge is -2.13. The van der Waals surface area contributed by atoms with Gasteiger partial charge in [0.15, 0.2) is 6.39 Å². The van der Waals surface area contributed by atoms with Crippen LogP contribution >= 0.6 is 0 Å². The molecule has 0 fully saturated rings. The van der Waals surface area contributed by atoms with E-state index in [0.29, 0.717) is 62.0 Å². The molecular formula is C29H31F3N8O3. The monoisotopic (exact) mass is 596 g/mol. The van der Waals surface area contributed by atoms with Crippen molar-refractivity contribution in [3.05, 3.63) is 78.3 Å². The molecule has 0 saturated heterocycles. The number of nitrogen functional groups attached to an aromatic ring is 1. The number of oxazole rings is 1. The first kappa shape index (κ1) is 29.8. The number of aromatic nitrogens is 5. The molecule has 5 N–H and O–H groups in total. The fourth-order valence-corrected chi connectivity index (χ4v) is 4.61. The molecule has 0 bridgehead atoms. The minimum atomic E-state index is -4.77. The number of rotatable bonds is 15. The van der Waals surface area contributed by atoms with E-state index in [0.717, 1.165) is 40.6 Å². The second-order valence-corrected chi connectivity index (χ2v) is 9.82. The number of H-pyrrole nitrogens is 1. The first-order valence-electron chi connectivity index (χ1n) is 13.7. The third-order valence-electron chi connectivity index (χ3n) is 6.47. The third-order valence-corrected chi connectivity index (χ3v) is 6.47. The number of aromatic amines is 1. The maximum absolute atomic E-state index is 12.8. The van der Waals surface area contributed by atoms with Crippen LogP contribution in [-0.2, 0) is 17.7 Å². The first-order chi connectivity index (χ1) is 20.8. The molecule has 3 aromatic heterocycles. The molecule has 0 saturated carbocycles. The Kier molecular flexibility index (Phi) is 9.69. The summed E-state index contributed by atoms with van der Waals surface area (Å²) in [6, 6.07) is 10.3. The van der Waals surface area contributed by atoms with Crippen molar-refractivity contribution in [3.63, 3.8) is 0 Å². The lowest BCUT2D eigenvalue weighted by atomic mass is 10.0. The van der Waals surface area contributed by atoms with Gasteiger partial charge in [-0.05, 0) is 66.4 Å². The van der Waals surface area contributed by atoms with Gasteiger partial charge >= 0.3 is 6.36 Å². The highest BCUT2D eigenvalue weighted by atomic mass is 19.4. The van der Waals surface area contributed by atoms with E-state index in [1.807, 2.05) is 18.2 Å². The molecular weight excluding hydrogens is 565 g/mol. The van der Waals surface area contributed by atoms with Gasteiger partial charge < -0.3 is 30.3 Å². The second kappa shape index (κ2) is 14.0. The number of fused-ring (bicyclic) bond motifs is 1. The van der Waals surface area contributed by atoms with Crippen LogP contribution in [0.3, 0.4) is 0 Å². The molecule has 0 aliphatic heterocycles. The van der Waals surface area contributed by atoms with Crippen molar-refractivity contribution < 1.29 is 27.1 Å². The van der Waals surface area contributed by atoms with Gasteiger partial charge in [0.25, 0.3) is 0 Å². The highest BCUT2D eigenvalue weighted by Gasteiger charge is 2.31. The van der Waals surface area contributed by atoms with Crippen LogP contribution in [0.2, 0.25) is 0 Å². The zero-order chi connectivity index (χ0) is 30.1. The SMILES string of the molecule is Nc1cc(-c2cc(NCCOCCCCNCc3cc(Cc4cnco4)cc(OC(F)(F)F)c3)c3cn[nH]c3c2)cnn1. The fourth-order valence-electron chi connectivity index (χ4n) is 4.61. The number of halogens is 3. The van der Waals surface area contributed by atoms with E-state index in [4.69, 9.17) is 14.9 Å². The molecule has 0 aliphatic rings. The zero-order valence-corrected chi connectivity index (χ0v) is 23.2. The quantitative estimate of drug-likeness (QED) is 0.121. The van der Waals surface area contributed by atoms with Crippen molar-refractivity contribution in [1.29, 1.82) is 0 Å². The molecule has 2 aromatic carbocycles. The van der Waals surface area contributed by atoms with E-state index in [2.05, 4.69) is 40.7 Å². The number of nitrogens with zero attached hydrogens (tertiary/aromatic N) is 4. The molecule has 5 rings (SSSR count). The topological polar surface area (TPSA) is 149 Å². The Labute approximate surface area is 245 Å². The fraction of sp³-hybridized carbons (Fsp3) is 0.310. The molecule has 14 heteroatoms. The van der Waals surface area contributed by atoms with E-state index in [1.165, 1.54) is 24.7 Å². The summed E-state index contributed by atoms with van der Waals surface area (Å²) >= 11 is 0. The standard InChI is InChI=1S/C29H31F3N8O3/c30-29(31,32)43-23-8-19(9-24-16-35-18-42-24)7-20(10-23)14-34-3-1-2-5-41-6-4-36-26-11-21(12-27-25(26)17-38-39-27)22-13-28(33)40-37-15-22/h7-8,10-13,15-18,34,36H,1-6,9,14H2,(H2,33,40)(H,38,39). The van der Waals surface area contributed by atoms with Gasteiger partial charge in [-0.15, -0.1) is 18.3 Å². The molecule has 3 heterocycles. The Balaban J connectivity index is 1.02. The van der Waals surface area contributed by atoms with Crippen molar-refractivity contribution in [2.24, 2.45) is 0 Å². The summed E-state index contributed by atoms with van der Waals surface area (Å²) < 4.78 is 53.6. The van der Waals surface area contributed by atoms with E-state index in [1.54, 1.807) is 18.5 Å². The van der Waals surface area contributed by atoms with E-state index >= 15 is 0 Å². The summed E-state index contributed by atoms with van der Waals surface area (Å²) in [6.07, 6.45) is 3.46. The first-order valence-corrected chi connectivity index (χ1v) is 13.7. The van der Waals surface area contributed by atoms with E-state index < -0.39 is 6.36 Å². The normalized spacial score (nSPS) is 11.7. The number of hydrogen-bond acceptors (Lipinski definition) is 10. The summed E-state index contributed by atoms with van der Waals surface area (Å²) in [4.78, 5) is 3.85. The molecule has 0 spiro atoms. The summed E-state index contributed by atoms with van der Waals surface area (Å²) in [5.74, 6) is 0.635. The Morgan fingerprint density at radius 3 is 2.63 bits per heavy atom. The maximum Gasteiger partial charge on any atom is 0.573 e. The summed E-state index contributed by atoms with van der Waals surface area (Å²) in [5, 5.41) is 22.5. The van der Waals surface area contributed by atoms with Gasteiger partial charge in [0, 0.05) is 42.8 Å². The van der Waals surface area contributed by atoms with Crippen LogP contribution in [0.4, 0.5) is 24.7 Å². The number of nitrogens with one attached hydrogen (secondary N) is 3. The molecule has 0 unspecified atom stereocenters. The Hall–Kier alpha value is -4.69. The van der Waals surface area contributed by atoms with Gasteiger partial charge in [-0.3, -0.25) is 5.10 Å². The average molecular weight is 597 g/mol. The van der Waals surface area contributed by atoms with Crippen molar-refractivity contribution in [2.45, 2.75) is 32.2 Å². The van der Waals surface area contributed by atoms with Crippen molar-refractivity contribution >= 4 is 22.4 Å². The molecule has 0 radical (unpaired) electrons. The molecule has 0 atom stereocenters. The van der Waals surface area contributed by atoms with Gasteiger partial charge in [-0.25, -0.2) is 4.98 Å². The Morgan fingerprint density at radius 2 is 1.81 bits per heavy atom. The van der Waals surface area contributed by atoms with Gasteiger partial charge in [0.2, 0.25) is 0 Å². The molecule has 0 aliphatic carbocycles. The number of nitrogens with two attached hydrogens (primary N) is 1. The predicted octanol–water partition coefficient (Wildman–Crippen LogP) is 5.08. The zero-order valence-electron chi connectivity index (χ0n) is 23.2. The number of benzene rings is 2. The minimum absolute atomic E-state index is 0.261. The minimum Gasteiger partial charge on any atom is -0.448 e.